The molecule has 0 aliphatic rings. The van der Waals surface area contributed by atoms with Gasteiger partial charge in [0, 0.05) is 18.8 Å². The van der Waals surface area contributed by atoms with Crippen LogP contribution in [0.3, 0.4) is 0 Å². The molecule has 0 saturated heterocycles. The normalized spacial score (nSPS) is 11.7. The molecule has 0 aliphatic carbocycles. The summed E-state index contributed by atoms with van der Waals surface area (Å²) in [6.45, 7) is 4.23. The maximum atomic E-state index is 3.42. The fourth-order valence-electron chi connectivity index (χ4n) is 1.34. The summed E-state index contributed by atoms with van der Waals surface area (Å²) in [5.74, 6) is 1.18. The van der Waals surface area contributed by atoms with Crippen molar-refractivity contribution >= 4 is 17.8 Å². The predicted molar refractivity (Wildman–Crippen MR) is 71.3 cm³/mol. The Kier molecular flexibility index (Phi) is 6.21. The molecule has 0 atom stereocenters. The Morgan fingerprint density at radius 2 is 2.07 bits per heavy atom. The van der Waals surface area contributed by atoms with Crippen molar-refractivity contribution in [1.82, 2.24) is 5.32 Å². The molecule has 0 amide bonds. The molecular formula is C13H19NS. The Bertz CT molecular complexity index is 293. The van der Waals surface area contributed by atoms with E-state index in [0.29, 0.717) is 0 Å². The first kappa shape index (κ1) is 12.3. The van der Waals surface area contributed by atoms with Crippen LogP contribution >= 0.6 is 11.8 Å². The number of hydrogen-bond donors (Lipinski definition) is 1. The van der Waals surface area contributed by atoms with Crippen LogP contribution in [-0.4, -0.2) is 25.1 Å². The van der Waals surface area contributed by atoms with Crippen molar-refractivity contribution in [2.24, 2.45) is 0 Å². The zero-order valence-corrected chi connectivity index (χ0v) is 10.3. The molecule has 1 rings (SSSR count). The first-order valence-electron chi connectivity index (χ1n) is 5.25. The molecule has 0 aromatic heterocycles. The topological polar surface area (TPSA) is 12.0 Å². The molecule has 1 nitrogen and oxygen atoms in total. The van der Waals surface area contributed by atoms with Crippen molar-refractivity contribution in [3.63, 3.8) is 0 Å². The number of hydrogen-bond acceptors (Lipinski definition) is 2. The molecule has 0 radical (unpaired) electrons. The molecule has 0 spiro atoms. The summed E-state index contributed by atoms with van der Waals surface area (Å²) in [5.41, 5.74) is 2.66. The van der Waals surface area contributed by atoms with Gasteiger partial charge >= 0.3 is 0 Å². The van der Waals surface area contributed by atoms with E-state index in [0.717, 1.165) is 13.1 Å². The zero-order valence-electron chi connectivity index (χ0n) is 9.49. The highest BCUT2D eigenvalue weighted by Gasteiger charge is 1.91. The lowest BCUT2D eigenvalue weighted by Crippen LogP contribution is -2.18. The molecule has 1 N–H and O–H groups in total. The quantitative estimate of drug-likeness (QED) is 0.741. The van der Waals surface area contributed by atoms with Gasteiger partial charge < -0.3 is 5.32 Å². The van der Waals surface area contributed by atoms with E-state index in [2.05, 4.69) is 48.8 Å². The Labute approximate surface area is 97.0 Å². The molecule has 1 aromatic rings. The van der Waals surface area contributed by atoms with Crippen LogP contribution in [0.15, 0.2) is 35.9 Å². The second-order valence-corrected chi connectivity index (χ2v) is 4.56. The highest BCUT2D eigenvalue weighted by Crippen LogP contribution is 2.04. The molecule has 0 unspecified atom stereocenters. The Morgan fingerprint density at radius 1 is 1.33 bits per heavy atom. The second kappa shape index (κ2) is 7.55. The van der Waals surface area contributed by atoms with Gasteiger partial charge in [-0.3, -0.25) is 0 Å². The summed E-state index contributed by atoms with van der Waals surface area (Å²) in [5, 5.41) is 3.42. The Balaban J connectivity index is 2.33. The standard InChI is InChI=1S/C13H19NS/c1-12(11-14-8-9-15-2)10-13-6-4-3-5-7-13/h3-7,10,14H,8-9,11H2,1-2H3/b12-10+. The van der Waals surface area contributed by atoms with Gasteiger partial charge in [-0.1, -0.05) is 42.0 Å². The predicted octanol–water partition coefficient (Wildman–Crippen LogP) is 3.04. The lowest BCUT2D eigenvalue weighted by molar-refractivity contribution is 0.785. The molecule has 15 heavy (non-hydrogen) atoms. The van der Waals surface area contributed by atoms with Crippen LogP contribution in [0, 0.1) is 0 Å². The molecule has 0 saturated carbocycles. The van der Waals surface area contributed by atoms with Crippen LogP contribution in [0.25, 0.3) is 6.08 Å². The lowest BCUT2D eigenvalue weighted by Gasteiger charge is -2.03. The van der Waals surface area contributed by atoms with Crippen LogP contribution in [0.5, 0.6) is 0 Å². The van der Waals surface area contributed by atoms with Gasteiger partial charge in [-0.15, -0.1) is 0 Å². The molecule has 82 valence electrons. The van der Waals surface area contributed by atoms with E-state index < -0.39 is 0 Å². The van der Waals surface area contributed by atoms with E-state index in [-0.39, 0.29) is 0 Å². The molecule has 0 heterocycles. The first-order valence-corrected chi connectivity index (χ1v) is 6.64. The van der Waals surface area contributed by atoms with Crippen molar-refractivity contribution in [3.8, 4) is 0 Å². The summed E-state index contributed by atoms with van der Waals surface area (Å²) >= 11 is 1.88. The van der Waals surface area contributed by atoms with Gasteiger partial charge in [-0.25, -0.2) is 0 Å². The van der Waals surface area contributed by atoms with Gasteiger partial charge in [0.2, 0.25) is 0 Å². The van der Waals surface area contributed by atoms with E-state index in [9.17, 15) is 0 Å². The summed E-state index contributed by atoms with van der Waals surface area (Å²) < 4.78 is 0. The van der Waals surface area contributed by atoms with E-state index >= 15 is 0 Å². The van der Waals surface area contributed by atoms with Crippen molar-refractivity contribution in [1.29, 1.82) is 0 Å². The van der Waals surface area contributed by atoms with Crippen molar-refractivity contribution in [2.75, 3.05) is 25.1 Å². The smallest absolute Gasteiger partial charge is 0.0165 e. The fourth-order valence-corrected chi connectivity index (χ4v) is 1.69. The minimum atomic E-state index is 0.982. The number of benzene rings is 1. The second-order valence-electron chi connectivity index (χ2n) is 3.57. The monoisotopic (exact) mass is 221 g/mol. The number of rotatable bonds is 6. The highest BCUT2D eigenvalue weighted by molar-refractivity contribution is 7.98. The molecule has 1 aromatic carbocycles. The fraction of sp³-hybridized carbons (Fsp3) is 0.385. The highest BCUT2D eigenvalue weighted by atomic mass is 32.2. The minimum Gasteiger partial charge on any atom is -0.312 e. The third-order valence-corrected chi connectivity index (χ3v) is 2.71. The van der Waals surface area contributed by atoms with Gasteiger partial charge in [0.1, 0.15) is 0 Å². The van der Waals surface area contributed by atoms with Crippen LogP contribution in [0.1, 0.15) is 12.5 Å². The van der Waals surface area contributed by atoms with Gasteiger partial charge in [0.25, 0.3) is 0 Å². The third kappa shape index (κ3) is 5.65. The van der Waals surface area contributed by atoms with E-state index in [1.54, 1.807) is 0 Å². The van der Waals surface area contributed by atoms with Gasteiger partial charge in [-0.05, 0) is 18.7 Å². The third-order valence-electron chi connectivity index (χ3n) is 2.10. The maximum Gasteiger partial charge on any atom is 0.0165 e. The summed E-state index contributed by atoms with van der Waals surface area (Å²) in [7, 11) is 0. The van der Waals surface area contributed by atoms with Crippen molar-refractivity contribution in [3.05, 3.63) is 41.5 Å². The van der Waals surface area contributed by atoms with Crippen LogP contribution in [0.2, 0.25) is 0 Å². The summed E-state index contributed by atoms with van der Waals surface area (Å²) in [6.07, 6.45) is 4.36. The van der Waals surface area contributed by atoms with E-state index in [1.165, 1.54) is 16.9 Å². The SMILES string of the molecule is CSCCNC/C(C)=C/c1ccccc1. The Hall–Kier alpha value is -0.730. The first-order chi connectivity index (χ1) is 7.33. The van der Waals surface area contributed by atoms with Gasteiger partial charge in [-0.2, -0.15) is 11.8 Å². The van der Waals surface area contributed by atoms with Crippen LogP contribution in [0.4, 0.5) is 0 Å². The molecule has 0 fully saturated rings. The van der Waals surface area contributed by atoms with Crippen molar-refractivity contribution < 1.29 is 0 Å². The summed E-state index contributed by atoms with van der Waals surface area (Å²) in [4.78, 5) is 0. The average molecular weight is 221 g/mol. The molecule has 0 bridgehead atoms. The minimum absolute atomic E-state index is 0.982. The van der Waals surface area contributed by atoms with Gasteiger partial charge in [0.15, 0.2) is 0 Å². The van der Waals surface area contributed by atoms with Crippen LogP contribution in [-0.2, 0) is 0 Å². The number of nitrogens with one attached hydrogen (secondary N) is 1. The molecular weight excluding hydrogens is 202 g/mol. The molecule has 0 aliphatic heterocycles. The van der Waals surface area contributed by atoms with Gasteiger partial charge in [0.05, 0.1) is 0 Å². The van der Waals surface area contributed by atoms with E-state index in [1.807, 2.05) is 17.8 Å². The average Bonchev–Trinajstić information content (AvgIpc) is 2.26. The van der Waals surface area contributed by atoms with E-state index in [4.69, 9.17) is 0 Å². The van der Waals surface area contributed by atoms with Crippen molar-refractivity contribution in [2.45, 2.75) is 6.92 Å². The zero-order chi connectivity index (χ0) is 10.9. The summed E-state index contributed by atoms with van der Waals surface area (Å²) in [6, 6.07) is 10.4. The largest absolute Gasteiger partial charge is 0.312 e. The maximum absolute atomic E-state index is 3.42. The molecule has 2 heteroatoms. The number of thioether (sulfide) groups is 1. The van der Waals surface area contributed by atoms with Crippen LogP contribution < -0.4 is 5.32 Å². The Morgan fingerprint density at radius 3 is 2.73 bits per heavy atom. The lowest BCUT2D eigenvalue weighted by atomic mass is 10.1.